The van der Waals surface area contributed by atoms with Gasteiger partial charge >= 0.3 is 0 Å². The zero-order chi connectivity index (χ0) is 20.0. The van der Waals surface area contributed by atoms with Gasteiger partial charge in [-0.1, -0.05) is 24.3 Å². The van der Waals surface area contributed by atoms with Gasteiger partial charge in [0.05, 0.1) is 22.9 Å². The maximum absolute atomic E-state index is 5.80. The Kier molecular flexibility index (Phi) is 4.81. The van der Waals surface area contributed by atoms with Crippen molar-refractivity contribution in [2.75, 3.05) is 6.54 Å². The highest BCUT2D eigenvalue weighted by atomic mass is 32.1. The van der Waals surface area contributed by atoms with Crippen LogP contribution in [0.2, 0.25) is 0 Å². The Labute approximate surface area is 179 Å². The number of rotatable bonds is 4. The maximum atomic E-state index is 5.80. The zero-order valence-corrected chi connectivity index (χ0v) is 18.2. The summed E-state index contributed by atoms with van der Waals surface area (Å²) < 4.78 is 6.01. The molecule has 7 heteroatoms. The Balaban J connectivity index is 1.45. The fraction of sp³-hybridized carbons (Fsp3) is 0.318. The van der Waals surface area contributed by atoms with Crippen molar-refractivity contribution in [3.05, 3.63) is 69.7 Å². The second kappa shape index (κ2) is 7.48. The van der Waals surface area contributed by atoms with Crippen molar-refractivity contribution in [1.82, 2.24) is 24.2 Å². The van der Waals surface area contributed by atoms with E-state index in [1.165, 1.54) is 21.7 Å². The third-order valence-corrected chi connectivity index (χ3v) is 7.07. The van der Waals surface area contributed by atoms with Gasteiger partial charge in [0.1, 0.15) is 10.8 Å². The molecule has 0 saturated carbocycles. The number of aromatic nitrogens is 4. The smallest absolute Gasteiger partial charge is 0.203 e. The van der Waals surface area contributed by atoms with Crippen LogP contribution in [0.15, 0.2) is 48.5 Å². The van der Waals surface area contributed by atoms with E-state index < -0.39 is 0 Å². The fourth-order valence-electron chi connectivity index (χ4n) is 4.15. The van der Waals surface area contributed by atoms with Crippen LogP contribution in [-0.4, -0.2) is 30.8 Å². The normalized spacial score (nSPS) is 17.4. The first-order valence-corrected chi connectivity index (χ1v) is 11.2. The molecule has 148 valence electrons. The van der Waals surface area contributed by atoms with Crippen LogP contribution in [0.25, 0.3) is 15.9 Å². The first-order valence-electron chi connectivity index (χ1n) is 9.93. The first-order chi connectivity index (χ1) is 14.1. The molecular weight excluding hydrogens is 398 g/mol. The monoisotopic (exact) mass is 421 g/mol. The van der Waals surface area contributed by atoms with Gasteiger partial charge in [-0.3, -0.25) is 9.47 Å². The van der Waals surface area contributed by atoms with Crippen molar-refractivity contribution in [3.63, 3.8) is 0 Å². The van der Waals surface area contributed by atoms with Gasteiger partial charge < -0.3 is 0 Å². The SMILES string of the molecule is Cc1cccc(-n2c(C)nn(CN3CCC[C@H]3c3nc4ccccc4s3)c2=S)c1. The first kappa shape index (κ1) is 18.7. The molecule has 1 fully saturated rings. The third kappa shape index (κ3) is 3.43. The van der Waals surface area contributed by atoms with Crippen LogP contribution in [0, 0.1) is 18.6 Å². The molecule has 0 N–H and O–H groups in total. The second-order valence-electron chi connectivity index (χ2n) is 7.64. The molecule has 0 spiro atoms. The van der Waals surface area contributed by atoms with Crippen LogP contribution in [0.1, 0.15) is 35.3 Å². The number of likely N-dealkylation sites (tertiary alicyclic amines) is 1. The largest absolute Gasteiger partial charge is 0.275 e. The van der Waals surface area contributed by atoms with Crippen molar-refractivity contribution < 1.29 is 0 Å². The summed E-state index contributed by atoms with van der Waals surface area (Å²) >= 11 is 7.61. The third-order valence-electron chi connectivity index (χ3n) is 5.54. The van der Waals surface area contributed by atoms with Crippen LogP contribution in [0.3, 0.4) is 0 Å². The Morgan fingerprint density at radius 1 is 1.14 bits per heavy atom. The molecule has 4 aromatic rings. The summed E-state index contributed by atoms with van der Waals surface area (Å²) in [6, 6.07) is 17.1. The van der Waals surface area contributed by atoms with Crippen LogP contribution in [0.4, 0.5) is 0 Å². The Bertz CT molecular complexity index is 1200. The molecule has 1 atom stereocenters. The van der Waals surface area contributed by atoms with Crippen molar-refractivity contribution in [1.29, 1.82) is 0 Å². The molecule has 0 radical (unpaired) electrons. The molecule has 0 amide bonds. The van der Waals surface area contributed by atoms with E-state index in [9.17, 15) is 0 Å². The van der Waals surface area contributed by atoms with E-state index in [1.54, 1.807) is 11.3 Å². The molecule has 2 aromatic carbocycles. The number of hydrogen-bond donors (Lipinski definition) is 0. The molecule has 1 aliphatic rings. The lowest BCUT2D eigenvalue weighted by Crippen LogP contribution is -2.27. The molecule has 3 heterocycles. The van der Waals surface area contributed by atoms with Gasteiger partial charge in [-0.25, -0.2) is 9.67 Å². The summed E-state index contributed by atoms with van der Waals surface area (Å²) in [5, 5.41) is 5.97. The highest BCUT2D eigenvalue weighted by molar-refractivity contribution is 7.71. The highest BCUT2D eigenvalue weighted by Crippen LogP contribution is 2.36. The van der Waals surface area contributed by atoms with Gasteiger partial charge in [-0.15, -0.1) is 11.3 Å². The number of thiazole rings is 1. The van der Waals surface area contributed by atoms with Gasteiger partial charge in [0, 0.05) is 12.2 Å². The molecule has 2 aromatic heterocycles. The number of hydrogen-bond acceptors (Lipinski definition) is 5. The standard InChI is InChI=1S/C22H23N5S2/c1-15-7-5-8-17(13-15)27-16(2)24-26(22(27)28)14-25-12-6-10-19(25)21-23-18-9-3-4-11-20(18)29-21/h3-5,7-9,11,13,19H,6,10,12,14H2,1-2H3/t19-/m0/s1. The lowest BCUT2D eigenvalue weighted by atomic mass is 10.2. The van der Waals surface area contributed by atoms with E-state index >= 15 is 0 Å². The van der Waals surface area contributed by atoms with Crippen LogP contribution in [0.5, 0.6) is 0 Å². The number of para-hydroxylation sites is 1. The summed E-state index contributed by atoms with van der Waals surface area (Å²) in [6.07, 6.45) is 2.30. The average molecular weight is 422 g/mol. The molecule has 0 bridgehead atoms. The Morgan fingerprint density at radius 2 is 2.00 bits per heavy atom. The van der Waals surface area contributed by atoms with Crippen molar-refractivity contribution >= 4 is 33.8 Å². The number of benzene rings is 2. The summed E-state index contributed by atoms with van der Waals surface area (Å²) in [4.78, 5) is 7.36. The molecular formula is C22H23N5S2. The maximum Gasteiger partial charge on any atom is 0.203 e. The van der Waals surface area contributed by atoms with Crippen LogP contribution < -0.4 is 0 Å². The van der Waals surface area contributed by atoms with Crippen LogP contribution >= 0.6 is 23.6 Å². The molecule has 0 aliphatic carbocycles. The molecule has 0 unspecified atom stereocenters. The van der Waals surface area contributed by atoms with Gasteiger partial charge in [0.25, 0.3) is 0 Å². The van der Waals surface area contributed by atoms with Crippen molar-refractivity contribution in [2.24, 2.45) is 0 Å². The van der Waals surface area contributed by atoms with Gasteiger partial charge in [-0.2, -0.15) is 5.10 Å². The van der Waals surface area contributed by atoms with E-state index in [0.717, 1.165) is 34.8 Å². The van der Waals surface area contributed by atoms with E-state index in [0.29, 0.717) is 12.7 Å². The average Bonchev–Trinajstić information content (AvgIpc) is 3.39. The Hall–Kier alpha value is -2.35. The quantitative estimate of drug-likeness (QED) is 0.412. The fourth-order valence-corrected chi connectivity index (χ4v) is 5.63. The second-order valence-corrected chi connectivity index (χ2v) is 9.06. The van der Waals surface area contributed by atoms with Gasteiger partial charge in [0.2, 0.25) is 4.77 Å². The molecule has 5 nitrogen and oxygen atoms in total. The topological polar surface area (TPSA) is 38.9 Å². The van der Waals surface area contributed by atoms with E-state index in [1.807, 2.05) is 11.6 Å². The molecule has 29 heavy (non-hydrogen) atoms. The van der Waals surface area contributed by atoms with Crippen molar-refractivity contribution in [2.45, 2.75) is 39.4 Å². The predicted octanol–water partition coefficient (Wildman–Crippen LogP) is 5.42. The zero-order valence-electron chi connectivity index (χ0n) is 16.6. The van der Waals surface area contributed by atoms with Crippen LogP contribution in [-0.2, 0) is 6.67 Å². The van der Waals surface area contributed by atoms with Crippen molar-refractivity contribution in [3.8, 4) is 5.69 Å². The predicted molar refractivity (Wildman–Crippen MR) is 120 cm³/mol. The molecule has 5 rings (SSSR count). The van der Waals surface area contributed by atoms with E-state index in [-0.39, 0.29) is 0 Å². The lowest BCUT2D eigenvalue weighted by molar-refractivity contribution is 0.189. The summed E-state index contributed by atoms with van der Waals surface area (Å²) in [5.74, 6) is 0.913. The minimum atomic E-state index is 0.332. The summed E-state index contributed by atoms with van der Waals surface area (Å²) in [5.41, 5.74) is 3.38. The lowest BCUT2D eigenvalue weighted by Gasteiger charge is -2.22. The number of nitrogens with zero attached hydrogens (tertiary/aromatic N) is 5. The minimum absolute atomic E-state index is 0.332. The van der Waals surface area contributed by atoms with E-state index in [2.05, 4.69) is 64.9 Å². The highest BCUT2D eigenvalue weighted by Gasteiger charge is 2.29. The van der Waals surface area contributed by atoms with Gasteiger partial charge in [0.15, 0.2) is 0 Å². The van der Waals surface area contributed by atoms with E-state index in [4.69, 9.17) is 22.3 Å². The molecule has 1 saturated heterocycles. The summed E-state index contributed by atoms with van der Waals surface area (Å²) in [7, 11) is 0. The number of fused-ring (bicyclic) bond motifs is 1. The van der Waals surface area contributed by atoms with Gasteiger partial charge in [-0.05, 0) is 68.7 Å². The summed E-state index contributed by atoms with van der Waals surface area (Å²) in [6.45, 7) is 5.85. The molecule has 1 aliphatic heterocycles. The minimum Gasteiger partial charge on any atom is -0.275 e. The Morgan fingerprint density at radius 3 is 2.83 bits per heavy atom. The number of aryl methyl sites for hydroxylation is 2.